The van der Waals surface area contributed by atoms with Gasteiger partial charge in [0, 0.05) is 11.7 Å². The van der Waals surface area contributed by atoms with Crippen LogP contribution in [0.25, 0.3) is 0 Å². The van der Waals surface area contributed by atoms with E-state index in [0.717, 1.165) is 11.8 Å². The van der Waals surface area contributed by atoms with Crippen molar-refractivity contribution in [1.82, 2.24) is 0 Å². The summed E-state index contributed by atoms with van der Waals surface area (Å²) in [7, 11) is 0. The van der Waals surface area contributed by atoms with Crippen molar-refractivity contribution in [2.24, 2.45) is 11.8 Å². The van der Waals surface area contributed by atoms with Crippen molar-refractivity contribution in [3.05, 3.63) is 29.3 Å². The van der Waals surface area contributed by atoms with Gasteiger partial charge in [-0.3, -0.25) is 0 Å². The summed E-state index contributed by atoms with van der Waals surface area (Å²) in [6, 6.07) is 7.53. The highest BCUT2D eigenvalue weighted by molar-refractivity contribution is 5.49. The highest BCUT2D eigenvalue weighted by atomic mass is 14.9. The van der Waals surface area contributed by atoms with Crippen LogP contribution in [-0.2, 0) is 0 Å². The van der Waals surface area contributed by atoms with Crippen molar-refractivity contribution >= 4 is 5.69 Å². The molecule has 2 aliphatic rings. The second kappa shape index (κ2) is 4.95. The van der Waals surface area contributed by atoms with Crippen molar-refractivity contribution in [1.29, 1.82) is 0 Å². The lowest BCUT2D eigenvalue weighted by molar-refractivity contribution is 0.303. The van der Waals surface area contributed by atoms with Crippen LogP contribution in [0.5, 0.6) is 0 Å². The average molecular weight is 243 g/mol. The topological polar surface area (TPSA) is 12.0 Å². The van der Waals surface area contributed by atoms with Gasteiger partial charge in [0.15, 0.2) is 0 Å². The fourth-order valence-corrected chi connectivity index (χ4v) is 3.65. The van der Waals surface area contributed by atoms with E-state index in [2.05, 4.69) is 37.4 Å². The Labute approximate surface area is 111 Å². The lowest BCUT2D eigenvalue weighted by Crippen LogP contribution is -2.28. The lowest BCUT2D eigenvalue weighted by Gasteiger charge is -2.30. The molecule has 1 N–H and O–H groups in total. The Bertz CT molecular complexity index is 399. The van der Waals surface area contributed by atoms with Gasteiger partial charge in [-0.15, -0.1) is 0 Å². The Kier molecular flexibility index (Phi) is 3.32. The first-order valence-corrected chi connectivity index (χ1v) is 7.55. The standard InChI is InChI=1S/C17H25N/c1-12-8-13(2)10-17(9-12)18-16-5-3-4-15(11-16)14-6-7-14/h8-10,14-16,18H,3-7,11H2,1-2H3. The van der Waals surface area contributed by atoms with E-state index in [-0.39, 0.29) is 0 Å². The third-order valence-electron chi connectivity index (χ3n) is 4.60. The van der Waals surface area contributed by atoms with Crippen LogP contribution in [0, 0.1) is 25.7 Å². The predicted molar refractivity (Wildman–Crippen MR) is 78.0 cm³/mol. The molecule has 2 unspecified atom stereocenters. The molecule has 0 radical (unpaired) electrons. The van der Waals surface area contributed by atoms with Gasteiger partial charge >= 0.3 is 0 Å². The van der Waals surface area contributed by atoms with Crippen LogP contribution in [0.15, 0.2) is 18.2 Å². The SMILES string of the molecule is Cc1cc(C)cc(NC2CCCC(C3CC3)C2)c1. The summed E-state index contributed by atoms with van der Waals surface area (Å²) in [5, 5.41) is 3.78. The van der Waals surface area contributed by atoms with E-state index >= 15 is 0 Å². The molecule has 0 saturated heterocycles. The van der Waals surface area contributed by atoms with E-state index in [1.807, 2.05) is 0 Å². The third-order valence-corrected chi connectivity index (χ3v) is 4.60. The number of hydrogen-bond acceptors (Lipinski definition) is 1. The minimum atomic E-state index is 0.713. The largest absolute Gasteiger partial charge is 0.382 e. The maximum atomic E-state index is 3.78. The zero-order chi connectivity index (χ0) is 12.5. The lowest BCUT2D eigenvalue weighted by atomic mass is 9.82. The summed E-state index contributed by atoms with van der Waals surface area (Å²) in [5.74, 6) is 2.09. The average Bonchev–Trinajstić information content (AvgIpc) is 3.11. The number of nitrogens with one attached hydrogen (secondary N) is 1. The molecular formula is C17H25N. The van der Waals surface area contributed by atoms with Gasteiger partial charge in [-0.1, -0.05) is 18.9 Å². The zero-order valence-corrected chi connectivity index (χ0v) is 11.7. The fraction of sp³-hybridized carbons (Fsp3) is 0.647. The summed E-state index contributed by atoms with van der Waals surface area (Å²) in [6.07, 6.45) is 8.66. The molecule has 3 rings (SSSR count). The fourth-order valence-electron chi connectivity index (χ4n) is 3.65. The molecule has 0 heterocycles. The number of aryl methyl sites for hydroxylation is 2. The predicted octanol–water partition coefficient (Wildman–Crippen LogP) is 4.68. The second-order valence-corrected chi connectivity index (χ2v) is 6.48. The van der Waals surface area contributed by atoms with Crippen LogP contribution in [-0.4, -0.2) is 6.04 Å². The molecule has 1 aromatic carbocycles. The van der Waals surface area contributed by atoms with Crippen LogP contribution < -0.4 is 5.32 Å². The van der Waals surface area contributed by atoms with E-state index < -0.39 is 0 Å². The first kappa shape index (κ1) is 12.1. The maximum absolute atomic E-state index is 3.78. The van der Waals surface area contributed by atoms with Gasteiger partial charge in [0.1, 0.15) is 0 Å². The Morgan fingerprint density at radius 1 is 0.889 bits per heavy atom. The summed E-state index contributed by atoms with van der Waals surface area (Å²) in [5.41, 5.74) is 4.06. The van der Waals surface area contributed by atoms with Crippen molar-refractivity contribution < 1.29 is 0 Å². The Morgan fingerprint density at radius 2 is 1.61 bits per heavy atom. The van der Waals surface area contributed by atoms with Crippen LogP contribution in [0.3, 0.4) is 0 Å². The molecule has 0 aromatic heterocycles. The number of hydrogen-bond donors (Lipinski definition) is 1. The van der Waals surface area contributed by atoms with Crippen LogP contribution in [0.2, 0.25) is 0 Å². The smallest absolute Gasteiger partial charge is 0.0347 e. The van der Waals surface area contributed by atoms with Crippen LogP contribution >= 0.6 is 0 Å². The van der Waals surface area contributed by atoms with E-state index in [1.54, 1.807) is 0 Å². The Morgan fingerprint density at radius 3 is 2.28 bits per heavy atom. The van der Waals surface area contributed by atoms with Gasteiger partial charge in [-0.05, 0) is 74.6 Å². The van der Waals surface area contributed by atoms with Gasteiger partial charge in [-0.25, -0.2) is 0 Å². The molecule has 0 aliphatic heterocycles. The molecule has 1 nitrogen and oxygen atoms in total. The summed E-state index contributed by atoms with van der Waals surface area (Å²) in [6.45, 7) is 4.37. The van der Waals surface area contributed by atoms with E-state index in [0.29, 0.717) is 6.04 Å². The van der Waals surface area contributed by atoms with Crippen molar-refractivity contribution in [2.75, 3.05) is 5.32 Å². The molecule has 1 heteroatoms. The molecule has 98 valence electrons. The van der Waals surface area contributed by atoms with Gasteiger partial charge in [0.2, 0.25) is 0 Å². The van der Waals surface area contributed by atoms with E-state index in [1.165, 1.54) is 55.3 Å². The van der Waals surface area contributed by atoms with Gasteiger partial charge in [0.25, 0.3) is 0 Å². The minimum absolute atomic E-state index is 0.713. The molecule has 2 fully saturated rings. The Hall–Kier alpha value is -0.980. The summed E-state index contributed by atoms with van der Waals surface area (Å²) < 4.78 is 0. The van der Waals surface area contributed by atoms with Crippen LogP contribution in [0.1, 0.15) is 49.7 Å². The maximum Gasteiger partial charge on any atom is 0.0347 e. The van der Waals surface area contributed by atoms with Gasteiger partial charge in [0.05, 0.1) is 0 Å². The number of anilines is 1. The quantitative estimate of drug-likeness (QED) is 0.812. The molecular weight excluding hydrogens is 218 g/mol. The third kappa shape index (κ3) is 2.88. The normalized spacial score (nSPS) is 28.1. The molecule has 2 atom stereocenters. The monoisotopic (exact) mass is 243 g/mol. The van der Waals surface area contributed by atoms with Crippen molar-refractivity contribution in [3.8, 4) is 0 Å². The molecule has 0 bridgehead atoms. The van der Waals surface area contributed by atoms with E-state index in [9.17, 15) is 0 Å². The molecule has 2 aliphatic carbocycles. The summed E-state index contributed by atoms with van der Waals surface area (Å²) >= 11 is 0. The van der Waals surface area contributed by atoms with Gasteiger partial charge in [-0.2, -0.15) is 0 Å². The number of benzene rings is 1. The van der Waals surface area contributed by atoms with Crippen LogP contribution in [0.4, 0.5) is 5.69 Å². The molecule has 18 heavy (non-hydrogen) atoms. The van der Waals surface area contributed by atoms with E-state index in [4.69, 9.17) is 0 Å². The first-order chi connectivity index (χ1) is 8.70. The molecule has 0 spiro atoms. The highest BCUT2D eigenvalue weighted by Crippen LogP contribution is 2.44. The number of rotatable bonds is 3. The highest BCUT2D eigenvalue weighted by Gasteiger charge is 2.34. The molecule has 1 aromatic rings. The Balaban J connectivity index is 1.64. The first-order valence-electron chi connectivity index (χ1n) is 7.55. The second-order valence-electron chi connectivity index (χ2n) is 6.48. The van der Waals surface area contributed by atoms with Crippen molar-refractivity contribution in [2.45, 2.75) is 58.4 Å². The van der Waals surface area contributed by atoms with Gasteiger partial charge < -0.3 is 5.32 Å². The summed E-state index contributed by atoms with van der Waals surface area (Å²) in [4.78, 5) is 0. The molecule has 0 amide bonds. The zero-order valence-electron chi connectivity index (χ0n) is 11.7. The molecule has 2 saturated carbocycles. The van der Waals surface area contributed by atoms with Crippen molar-refractivity contribution in [3.63, 3.8) is 0 Å². The minimum Gasteiger partial charge on any atom is -0.382 e.